The zero-order chi connectivity index (χ0) is 11.7. The summed E-state index contributed by atoms with van der Waals surface area (Å²) in [5.74, 6) is 0.151. The van der Waals surface area contributed by atoms with Crippen molar-refractivity contribution >= 4 is 5.91 Å². The predicted octanol–water partition coefficient (Wildman–Crippen LogP) is 0.908. The van der Waals surface area contributed by atoms with Crippen molar-refractivity contribution in [3.63, 3.8) is 0 Å². The highest BCUT2D eigenvalue weighted by Gasteiger charge is 2.26. The molecule has 0 spiro atoms. The Hall–Kier alpha value is -1.58. The Morgan fingerprint density at radius 3 is 2.69 bits per heavy atom. The molecule has 1 aromatic heterocycles. The molecule has 1 aliphatic heterocycles. The third-order valence-electron chi connectivity index (χ3n) is 3.00. The number of nitrogens with zero attached hydrogens (tertiary/aromatic N) is 2. The molecule has 0 aromatic carbocycles. The number of carbonyl (C=O) groups is 1. The lowest BCUT2D eigenvalue weighted by atomic mass is 10.1. The van der Waals surface area contributed by atoms with Crippen LogP contribution in [0.3, 0.4) is 0 Å². The summed E-state index contributed by atoms with van der Waals surface area (Å²) in [5, 5.41) is 0. The molecule has 1 saturated heterocycles. The van der Waals surface area contributed by atoms with Crippen molar-refractivity contribution in [1.29, 1.82) is 0 Å². The first-order chi connectivity index (χ1) is 7.59. The lowest BCUT2D eigenvalue weighted by molar-refractivity contribution is -0.126. The molecule has 1 fully saturated rings. The van der Waals surface area contributed by atoms with Crippen LogP contribution in [0.4, 0.5) is 0 Å². The molecule has 0 atom stereocenters. The molecule has 16 heavy (non-hydrogen) atoms. The van der Waals surface area contributed by atoms with Crippen molar-refractivity contribution in [2.45, 2.75) is 19.8 Å². The molecule has 4 heteroatoms. The van der Waals surface area contributed by atoms with Gasteiger partial charge in [0.2, 0.25) is 5.91 Å². The Kier molecular flexibility index (Phi) is 2.81. The molecule has 2 heterocycles. The maximum absolute atomic E-state index is 11.6. The van der Waals surface area contributed by atoms with Crippen LogP contribution in [0.25, 0.3) is 0 Å². The summed E-state index contributed by atoms with van der Waals surface area (Å²) in [6.45, 7) is 2.65. The number of carbonyl (C=O) groups excluding carboxylic acids is 1. The van der Waals surface area contributed by atoms with Crippen molar-refractivity contribution in [2.75, 3.05) is 6.54 Å². The van der Waals surface area contributed by atoms with Gasteiger partial charge < -0.3 is 9.47 Å². The second-order valence-electron chi connectivity index (χ2n) is 4.10. The van der Waals surface area contributed by atoms with Crippen molar-refractivity contribution in [3.05, 3.63) is 40.3 Å². The minimum Gasteiger partial charge on any atom is -0.330 e. The maximum Gasteiger partial charge on any atom is 0.250 e. The van der Waals surface area contributed by atoms with Crippen LogP contribution < -0.4 is 5.56 Å². The van der Waals surface area contributed by atoms with Gasteiger partial charge in [-0.25, -0.2) is 0 Å². The van der Waals surface area contributed by atoms with Crippen LogP contribution in [0.1, 0.15) is 25.3 Å². The van der Waals surface area contributed by atoms with E-state index in [0.717, 1.165) is 24.6 Å². The topological polar surface area (TPSA) is 42.3 Å². The lowest BCUT2D eigenvalue weighted by Crippen LogP contribution is -2.29. The van der Waals surface area contributed by atoms with Crippen LogP contribution in [-0.2, 0) is 11.8 Å². The van der Waals surface area contributed by atoms with Crippen LogP contribution in [-0.4, -0.2) is 21.9 Å². The average molecular weight is 219 g/mol. The molecule has 2 rings (SSSR count). The number of hydrogen-bond acceptors (Lipinski definition) is 2. The van der Waals surface area contributed by atoms with E-state index < -0.39 is 0 Å². The molecule has 85 valence electrons. The Morgan fingerprint density at radius 2 is 2.12 bits per heavy atom. The molecule has 1 radical (unpaired) electrons. The van der Waals surface area contributed by atoms with E-state index in [2.05, 4.69) is 0 Å². The first-order valence-electron chi connectivity index (χ1n) is 5.40. The van der Waals surface area contributed by atoms with Crippen LogP contribution in [0.5, 0.6) is 0 Å². The summed E-state index contributed by atoms with van der Waals surface area (Å²) in [6.07, 6.45) is 3.24. The van der Waals surface area contributed by atoms with E-state index in [4.69, 9.17) is 0 Å². The fourth-order valence-corrected chi connectivity index (χ4v) is 1.93. The van der Waals surface area contributed by atoms with E-state index >= 15 is 0 Å². The number of aryl methyl sites for hydroxylation is 1. The van der Waals surface area contributed by atoms with E-state index in [-0.39, 0.29) is 11.5 Å². The zero-order valence-corrected chi connectivity index (χ0v) is 9.56. The van der Waals surface area contributed by atoms with E-state index in [1.165, 1.54) is 4.57 Å². The van der Waals surface area contributed by atoms with Gasteiger partial charge in [0.25, 0.3) is 5.56 Å². The number of aromatic nitrogens is 1. The standard InChI is InChI=1S/C12H15N2O2/c1-9(14-6-3-4-11(14)15)10-5-7-13(2)12(16)8-10/h5,7-8H,3-4,6H2,1-2H3. The molecule has 4 nitrogen and oxygen atoms in total. The third kappa shape index (κ3) is 1.87. The normalized spacial score (nSPS) is 16.2. The van der Waals surface area contributed by atoms with Gasteiger partial charge in [-0.2, -0.15) is 0 Å². The highest BCUT2D eigenvalue weighted by Crippen LogP contribution is 2.23. The molecule has 1 amide bonds. The smallest absolute Gasteiger partial charge is 0.250 e. The molecule has 0 N–H and O–H groups in total. The zero-order valence-electron chi connectivity index (χ0n) is 9.56. The highest BCUT2D eigenvalue weighted by atomic mass is 16.2. The van der Waals surface area contributed by atoms with Gasteiger partial charge in [-0.1, -0.05) is 0 Å². The Balaban J connectivity index is 2.26. The third-order valence-corrected chi connectivity index (χ3v) is 3.00. The van der Waals surface area contributed by atoms with Gasteiger partial charge in [0.05, 0.1) is 6.04 Å². The Bertz CT molecular complexity index is 464. The van der Waals surface area contributed by atoms with E-state index in [1.807, 2.05) is 13.0 Å². The second kappa shape index (κ2) is 4.12. The fourth-order valence-electron chi connectivity index (χ4n) is 1.93. The largest absolute Gasteiger partial charge is 0.330 e. The first-order valence-corrected chi connectivity index (χ1v) is 5.40. The van der Waals surface area contributed by atoms with Crippen LogP contribution in [0.2, 0.25) is 0 Å². The number of hydrogen-bond donors (Lipinski definition) is 0. The van der Waals surface area contributed by atoms with Crippen LogP contribution in [0.15, 0.2) is 23.1 Å². The van der Waals surface area contributed by atoms with Crippen molar-refractivity contribution in [2.24, 2.45) is 7.05 Å². The van der Waals surface area contributed by atoms with Crippen LogP contribution in [0, 0.1) is 6.04 Å². The van der Waals surface area contributed by atoms with Gasteiger partial charge in [-0.05, 0) is 25.0 Å². The van der Waals surface area contributed by atoms with Gasteiger partial charge in [0.15, 0.2) is 0 Å². The molecule has 1 aliphatic rings. The van der Waals surface area contributed by atoms with E-state index in [9.17, 15) is 9.59 Å². The van der Waals surface area contributed by atoms with Gasteiger partial charge >= 0.3 is 0 Å². The predicted molar refractivity (Wildman–Crippen MR) is 60.6 cm³/mol. The minimum atomic E-state index is -0.0523. The van der Waals surface area contributed by atoms with E-state index in [1.54, 1.807) is 24.2 Å². The van der Waals surface area contributed by atoms with Crippen molar-refractivity contribution in [1.82, 2.24) is 9.47 Å². The number of rotatable bonds is 2. The van der Waals surface area contributed by atoms with Crippen LogP contribution >= 0.6 is 0 Å². The molecule has 1 aromatic rings. The highest BCUT2D eigenvalue weighted by molar-refractivity contribution is 5.80. The first kappa shape index (κ1) is 10.9. The van der Waals surface area contributed by atoms with Crippen molar-refractivity contribution in [3.8, 4) is 0 Å². The van der Waals surface area contributed by atoms with Gasteiger partial charge in [-0.15, -0.1) is 0 Å². The number of amides is 1. The average Bonchev–Trinajstić information content (AvgIpc) is 2.67. The van der Waals surface area contributed by atoms with Crippen molar-refractivity contribution < 1.29 is 4.79 Å². The molecule has 0 bridgehead atoms. The Labute approximate surface area is 94.5 Å². The summed E-state index contributed by atoms with van der Waals surface area (Å²) in [6, 6.07) is 4.31. The molecular formula is C12H15N2O2. The van der Waals surface area contributed by atoms with Gasteiger partial charge in [0, 0.05) is 32.3 Å². The second-order valence-corrected chi connectivity index (χ2v) is 4.10. The lowest BCUT2D eigenvalue weighted by Gasteiger charge is -2.23. The van der Waals surface area contributed by atoms with Gasteiger partial charge in [-0.3, -0.25) is 9.59 Å². The minimum absolute atomic E-state index is 0.0523. The molecule has 0 saturated carbocycles. The fraction of sp³-hybridized carbons (Fsp3) is 0.417. The van der Waals surface area contributed by atoms with Gasteiger partial charge in [0.1, 0.15) is 0 Å². The summed E-state index contributed by atoms with van der Waals surface area (Å²) in [5.41, 5.74) is 0.779. The quantitative estimate of drug-likeness (QED) is 0.742. The number of pyridine rings is 1. The summed E-state index contributed by atoms with van der Waals surface area (Å²) in [7, 11) is 1.71. The molecule has 0 aliphatic carbocycles. The maximum atomic E-state index is 11.6. The van der Waals surface area contributed by atoms with E-state index in [0.29, 0.717) is 6.42 Å². The summed E-state index contributed by atoms with van der Waals surface area (Å²) >= 11 is 0. The summed E-state index contributed by atoms with van der Waals surface area (Å²) in [4.78, 5) is 24.8. The summed E-state index contributed by atoms with van der Waals surface area (Å²) < 4.78 is 1.52. The molecule has 0 unspecified atom stereocenters. The SMILES string of the molecule is C[C](c1ccn(C)c(=O)c1)N1CCCC1=O. The monoisotopic (exact) mass is 219 g/mol. The molecular weight excluding hydrogens is 204 g/mol. The Morgan fingerprint density at radius 1 is 1.38 bits per heavy atom. The number of likely N-dealkylation sites (tertiary alicyclic amines) is 1.